The largest absolute Gasteiger partial charge is 0.241 e. The van der Waals surface area contributed by atoms with Gasteiger partial charge < -0.3 is 0 Å². The number of nitrogens with one attached hydrogen (secondary N) is 1. The van der Waals surface area contributed by atoms with E-state index >= 15 is 0 Å². The van der Waals surface area contributed by atoms with Crippen molar-refractivity contribution < 1.29 is 17.2 Å². The van der Waals surface area contributed by atoms with Gasteiger partial charge in [0.15, 0.2) is 0 Å². The summed E-state index contributed by atoms with van der Waals surface area (Å²) in [6.45, 7) is 6.52. The lowest BCUT2D eigenvalue weighted by atomic mass is 10.0. The lowest BCUT2D eigenvalue weighted by Gasteiger charge is -2.16. The van der Waals surface area contributed by atoms with Gasteiger partial charge in [-0.3, -0.25) is 0 Å². The molecule has 0 aromatic heterocycles. The first-order valence-corrected chi connectivity index (χ1v) is 9.11. The Bertz CT molecular complexity index is 885. The van der Waals surface area contributed by atoms with E-state index in [-0.39, 0.29) is 9.92 Å². The lowest BCUT2D eigenvalue weighted by Crippen LogP contribution is -2.26. The zero-order valence-corrected chi connectivity index (χ0v) is 15.4. The van der Waals surface area contributed by atoms with Crippen LogP contribution in [0.4, 0.5) is 8.78 Å². The molecule has 0 amide bonds. The average molecular weight is 374 g/mol. The molecule has 0 aliphatic carbocycles. The Morgan fingerprint density at radius 1 is 1.04 bits per heavy atom. The number of sulfonamides is 1. The number of halogens is 3. The quantitative estimate of drug-likeness (QED) is 0.811. The molecule has 0 aliphatic heterocycles. The molecule has 0 atom stereocenters. The van der Waals surface area contributed by atoms with Crippen LogP contribution in [0.25, 0.3) is 0 Å². The normalized spacial score (nSPS) is 11.8. The Hall–Kier alpha value is -1.50. The molecule has 7 heteroatoms. The standard InChI is InChI=1S/C17H18ClF2NO2S/c1-9-7-10(2)12(4)17(11(9)3)24(22,23)21-8-13-15(19)6-5-14(18)16(13)20/h5-7,21H,8H2,1-4H3. The number of hydrogen-bond donors (Lipinski definition) is 1. The molecule has 0 saturated heterocycles. The van der Waals surface area contributed by atoms with Crippen LogP contribution in [0.3, 0.4) is 0 Å². The van der Waals surface area contributed by atoms with E-state index in [0.29, 0.717) is 11.1 Å². The summed E-state index contributed by atoms with van der Waals surface area (Å²) in [5.74, 6) is -1.82. The maximum Gasteiger partial charge on any atom is 0.241 e. The molecule has 0 saturated carbocycles. The fraction of sp³-hybridized carbons (Fsp3) is 0.294. The molecule has 130 valence electrons. The zero-order chi connectivity index (χ0) is 18.2. The van der Waals surface area contributed by atoms with E-state index in [1.807, 2.05) is 19.9 Å². The molecule has 2 aromatic carbocycles. The molecule has 2 rings (SSSR count). The highest BCUT2D eigenvalue weighted by Gasteiger charge is 2.23. The van der Waals surface area contributed by atoms with Gasteiger partial charge in [-0.05, 0) is 62.1 Å². The van der Waals surface area contributed by atoms with Gasteiger partial charge in [-0.15, -0.1) is 0 Å². The lowest BCUT2D eigenvalue weighted by molar-refractivity contribution is 0.544. The van der Waals surface area contributed by atoms with E-state index in [9.17, 15) is 17.2 Å². The second-order valence-corrected chi connectivity index (χ2v) is 7.85. The van der Waals surface area contributed by atoms with Crippen molar-refractivity contribution in [2.24, 2.45) is 0 Å². The van der Waals surface area contributed by atoms with Gasteiger partial charge in [0.05, 0.1) is 9.92 Å². The number of aryl methyl sites for hydroxylation is 2. The van der Waals surface area contributed by atoms with Gasteiger partial charge >= 0.3 is 0 Å². The van der Waals surface area contributed by atoms with Crippen LogP contribution in [0.1, 0.15) is 27.8 Å². The van der Waals surface area contributed by atoms with Gasteiger partial charge in [-0.25, -0.2) is 21.9 Å². The van der Waals surface area contributed by atoms with E-state index in [4.69, 9.17) is 11.6 Å². The predicted octanol–water partition coefficient (Wildman–Crippen LogP) is 4.33. The predicted molar refractivity (Wildman–Crippen MR) is 90.8 cm³/mol. The van der Waals surface area contributed by atoms with Crippen molar-refractivity contribution in [3.8, 4) is 0 Å². The first kappa shape index (κ1) is 18.8. The monoisotopic (exact) mass is 373 g/mol. The summed E-state index contributed by atoms with van der Waals surface area (Å²) in [4.78, 5) is 0.142. The SMILES string of the molecule is Cc1cc(C)c(C)c(S(=O)(=O)NCc2c(F)ccc(Cl)c2F)c1C. The minimum atomic E-state index is -3.94. The van der Waals surface area contributed by atoms with Gasteiger partial charge in [0.1, 0.15) is 11.6 Å². The van der Waals surface area contributed by atoms with E-state index in [0.717, 1.165) is 23.3 Å². The zero-order valence-electron chi connectivity index (χ0n) is 13.8. The van der Waals surface area contributed by atoms with Crippen LogP contribution in [0.2, 0.25) is 5.02 Å². The van der Waals surface area contributed by atoms with Crippen molar-refractivity contribution in [3.63, 3.8) is 0 Å². The van der Waals surface area contributed by atoms with Gasteiger partial charge in [0.2, 0.25) is 10.0 Å². The van der Waals surface area contributed by atoms with Gasteiger partial charge in [0.25, 0.3) is 0 Å². The molecule has 1 N–H and O–H groups in total. The minimum absolute atomic E-state index is 0.142. The van der Waals surface area contributed by atoms with Crippen LogP contribution in [-0.2, 0) is 16.6 Å². The fourth-order valence-electron chi connectivity index (χ4n) is 2.55. The van der Waals surface area contributed by atoms with Crippen molar-refractivity contribution in [2.45, 2.75) is 39.1 Å². The molecule has 3 nitrogen and oxygen atoms in total. The Kier molecular flexibility index (Phi) is 5.32. The van der Waals surface area contributed by atoms with Crippen LogP contribution < -0.4 is 4.72 Å². The maximum atomic E-state index is 13.9. The highest BCUT2D eigenvalue weighted by atomic mass is 35.5. The smallest absolute Gasteiger partial charge is 0.207 e. The number of rotatable bonds is 4. The molecule has 0 bridgehead atoms. The van der Waals surface area contributed by atoms with Crippen molar-refractivity contribution in [1.82, 2.24) is 4.72 Å². The van der Waals surface area contributed by atoms with Crippen LogP contribution >= 0.6 is 11.6 Å². The van der Waals surface area contributed by atoms with E-state index in [2.05, 4.69) is 4.72 Å². The second-order valence-electron chi connectivity index (χ2n) is 5.74. The van der Waals surface area contributed by atoms with Crippen molar-refractivity contribution in [1.29, 1.82) is 0 Å². The van der Waals surface area contributed by atoms with Crippen LogP contribution in [0.5, 0.6) is 0 Å². The van der Waals surface area contributed by atoms with Crippen molar-refractivity contribution >= 4 is 21.6 Å². The van der Waals surface area contributed by atoms with E-state index in [1.54, 1.807) is 13.8 Å². The van der Waals surface area contributed by atoms with Gasteiger partial charge in [-0.2, -0.15) is 0 Å². The number of hydrogen-bond acceptors (Lipinski definition) is 2. The number of benzene rings is 2. The molecule has 0 heterocycles. The molecule has 0 fully saturated rings. The molecular formula is C17H18ClF2NO2S. The molecule has 2 aromatic rings. The molecule has 0 unspecified atom stereocenters. The summed E-state index contributed by atoms with van der Waals surface area (Å²) in [5.41, 5.74) is 2.47. The molecule has 0 radical (unpaired) electrons. The summed E-state index contributed by atoms with van der Waals surface area (Å²) < 4.78 is 55.3. The fourth-order valence-corrected chi connectivity index (χ4v) is 4.34. The average Bonchev–Trinajstić information content (AvgIpc) is 2.49. The summed E-state index contributed by atoms with van der Waals surface area (Å²) >= 11 is 5.63. The molecule has 0 aliphatic rings. The Balaban J connectivity index is 2.43. The molecule has 24 heavy (non-hydrogen) atoms. The van der Waals surface area contributed by atoms with Gasteiger partial charge in [-0.1, -0.05) is 17.7 Å². The van der Waals surface area contributed by atoms with Crippen LogP contribution in [-0.4, -0.2) is 8.42 Å². The molecular weight excluding hydrogens is 356 g/mol. The topological polar surface area (TPSA) is 46.2 Å². The van der Waals surface area contributed by atoms with Crippen LogP contribution in [0, 0.1) is 39.3 Å². The first-order chi connectivity index (χ1) is 11.1. The molecule has 0 spiro atoms. The van der Waals surface area contributed by atoms with Gasteiger partial charge in [0, 0.05) is 12.1 Å². The first-order valence-electron chi connectivity index (χ1n) is 7.25. The highest BCUT2D eigenvalue weighted by molar-refractivity contribution is 7.89. The third kappa shape index (κ3) is 3.45. The van der Waals surface area contributed by atoms with E-state index in [1.165, 1.54) is 0 Å². The third-order valence-electron chi connectivity index (χ3n) is 4.14. The van der Waals surface area contributed by atoms with Crippen molar-refractivity contribution in [3.05, 3.63) is 62.7 Å². The highest BCUT2D eigenvalue weighted by Crippen LogP contribution is 2.27. The summed E-state index contributed by atoms with van der Waals surface area (Å²) in [6.07, 6.45) is 0. The Morgan fingerprint density at radius 3 is 2.12 bits per heavy atom. The van der Waals surface area contributed by atoms with Crippen molar-refractivity contribution in [2.75, 3.05) is 0 Å². The summed E-state index contributed by atoms with van der Waals surface area (Å²) in [6, 6.07) is 3.99. The van der Waals surface area contributed by atoms with E-state index < -0.39 is 33.8 Å². The van der Waals surface area contributed by atoms with Crippen LogP contribution in [0.15, 0.2) is 23.1 Å². The summed E-state index contributed by atoms with van der Waals surface area (Å²) in [7, 11) is -3.94. The maximum absolute atomic E-state index is 13.9. The summed E-state index contributed by atoms with van der Waals surface area (Å²) in [5, 5.41) is -0.260. The third-order valence-corrected chi connectivity index (χ3v) is 6.11. The minimum Gasteiger partial charge on any atom is -0.207 e. The Labute approximate surface area is 145 Å². The Morgan fingerprint density at radius 2 is 1.58 bits per heavy atom. The second kappa shape index (κ2) is 6.78.